The Bertz CT molecular complexity index is 1220. The lowest BCUT2D eigenvalue weighted by molar-refractivity contribution is 0.484. The number of aromatic nitrogens is 1. The first kappa shape index (κ1) is 18.4. The maximum Gasteiger partial charge on any atom is 0.295 e. The predicted molar refractivity (Wildman–Crippen MR) is 108 cm³/mol. The summed E-state index contributed by atoms with van der Waals surface area (Å²) in [7, 11) is -5.23. The zero-order chi connectivity index (χ0) is 19.6. The summed E-state index contributed by atoms with van der Waals surface area (Å²) in [6, 6.07) is 18.7. The van der Waals surface area contributed by atoms with Crippen LogP contribution in [-0.4, -0.2) is 17.6 Å². The van der Waals surface area contributed by atoms with Crippen LogP contribution >= 0.6 is 0 Å². The Morgan fingerprint density at radius 1 is 1.00 bits per heavy atom. The van der Waals surface area contributed by atoms with Crippen molar-refractivity contribution < 1.29 is 17.0 Å². The fraction of sp³-hybridized carbons (Fsp3) is 0.0500. The van der Waals surface area contributed by atoms with E-state index in [-0.39, 0.29) is 5.09 Å². The smallest absolute Gasteiger partial charge is 0.295 e. The van der Waals surface area contributed by atoms with Crippen LogP contribution in [0.2, 0.25) is 0 Å². The van der Waals surface area contributed by atoms with E-state index in [1.807, 2.05) is 12.1 Å². The summed E-state index contributed by atoms with van der Waals surface area (Å²) in [6.45, 7) is 0. The highest BCUT2D eigenvalue weighted by atomic mass is 32.2. The highest BCUT2D eigenvalue weighted by Gasteiger charge is 2.20. The van der Waals surface area contributed by atoms with E-state index in [9.17, 15) is 12.6 Å². The van der Waals surface area contributed by atoms with E-state index in [1.165, 1.54) is 6.07 Å². The molecule has 142 valence electrons. The van der Waals surface area contributed by atoms with Gasteiger partial charge in [-0.2, -0.15) is 8.42 Å². The maximum absolute atomic E-state index is 12.7. The highest BCUT2D eigenvalue weighted by Crippen LogP contribution is 2.25. The van der Waals surface area contributed by atoms with Gasteiger partial charge in [-0.15, -0.1) is 0 Å². The van der Waals surface area contributed by atoms with Crippen LogP contribution in [0.3, 0.4) is 0 Å². The Labute approximate surface area is 164 Å². The number of para-hydroxylation sites is 1. The van der Waals surface area contributed by atoms with Gasteiger partial charge < -0.3 is 4.42 Å². The number of pyridine rings is 1. The normalized spacial score (nSPS) is 12.7. The van der Waals surface area contributed by atoms with Crippen molar-refractivity contribution in [2.24, 2.45) is 0 Å². The van der Waals surface area contributed by atoms with E-state index in [1.54, 1.807) is 60.9 Å². The third-order valence-corrected chi connectivity index (χ3v) is 6.65. The molecule has 2 aromatic heterocycles. The number of nitrogens with one attached hydrogen (secondary N) is 1. The number of sulfonamides is 1. The Balaban J connectivity index is 1.56. The molecular weight excluding hydrogens is 396 g/mol. The minimum Gasteiger partial charge on any atom is -0.443 e. The molecule has 4 rings (SSSR count). The number of rotatable bonds is 6. The third-order valence-electron chi connectivity index (χ3n) is 4.04. The van der Waals surface area contributed by atoms with E-state index >= 15 is 0 Å². The Morgan fingerprint density at radius 3 is 2.64 bits per heavy atom. The molecule has 4 aromatic rings. The van der Waals surface area contributed by atoms with Crippen molar-refractivity contribution in [2.45, 2.75) is 15.7 Å². The first-order valence-electron chi connectivity index (χ1n) is 8.40. The molecule has 0 aliphatic carbocycles. The fourth-order valence-corrected chi connectivity index (χ4v) is 4.86. The molecule has 0 aliphatic rings. The molecule has 1 N–H and O–H groups in total. The zero-order valence-electron chi connectivity index (χ0n) is 14.6. The lowest BCUT2D eigenvalue weighted by Gasteiger charge is -2.08. The predicted octanol–water partition coefficient (Wildman–Crippen LogP) is 3.94. The number of hydrogen-bond acceptors (Lipinski definition) is 5. The standard InChI is InChI=1S/C20H16N2O4S2/c23-27(14-15-5-4-10-21-13-15)18-8-3-7-17(12-18)22-28(24,25)20-11-16-6-1-2-9-19(16)26-20/h1-13,22H,14H2. The molecule has 1 atom stereocenters. The number of anilines is 1. The van der Waals surface area contributed by atoms with Crippen molar-refractivity contribution in [1.82, 2.24) is 4.98 Å². The van der Waals surface area contributed by atoms with Crippen LogP contribution in [-0.2, 0) is 26.6 Å². The maximum atomic E-state index is 12.7. The SMILES string of the molecule is O=S(Cc1cccnc1)c1cccc(NS(=O)(=O)c2cc3ccccc3o2)c1. The summed E-state index contributed by atoms with van der Waals surface area (Å²) >= 11 is 0. The lowest BCUT2D eigenvalue weighted by atomic mass is 10.3. The van der Waals surface area contributed by atoms with Crippen molar-refractivity contribution in [3.63, 3.8) is 0 Å². The first-order chi connectivity index (χ1) is 13.5. The quantitative estimate of drug-likeness (QED) is 0.518. The molecule has 8 heteroatoms. The summed E-state index contributed by atoms with van der Waals surface area (Å²) in [5, 5.41) is 0.532. The summed E-state index contributed by atoms with van der Waals surface area (Å²) in [4.78, 5) is 4.53. The molecule has 0 aliphatic heterocycles. The van der Waals surface area contributed by atoms with Gasteiger partial charge in [-0.1, -0.05) is 30.3 Å². The molecule has 0 radical (unpaired) electrons. The van der Waals surface area contributed by atoms with Crippen molar-refractivity contribution >= 4 is 37.5 Å². The second-order valence-corrected chi connectivity index (χ2v) is 9.15. The van der Waals surface area contributed by atoms with Gasteiger partial charge in [0, 0.05) is 28.7 Å². The van der Waals surface area contributed by atoms with E-state index in [4.69, 9.17) is 4.42 Å². The Hall–Kier alpha value is -2.97. The molecule has 28 heavy (non-hydrogen) atoms. The summed E-state index contributed by atoms with van der Waals surface area (Å²) < 4.78 is 45.8. The number of benzene rings is 2. The van der Waals surface area contributed by atoms with Crippen LogP contribution in [0.5, 0.6) is 0 Å². The second kappa shape index (κ2) is 7.57. The van der Waals surface area contributed by atoms with Crippen LogP contribution in [0.15, 0.2) is 93.5 Å². The molecular formula is C20H16N2O4S2. The van der Waals surface area contributed by atoms with Crippen LogP contribution in [0.25, 0.3) is 11.0 Å². The number of nitrogens with zero attached hydrogens (tertiary/aromatic N) is 1. The topological polar surface area (TPSA) is 89.3 Å². The van der Waals surface area contributed by atoms with Crippen LogP contribution in [0.4, 0.5) is 5.69 Å². The van der Waals surface area contributed by atoms with Gasteiger partial charge >= 0.3 is 0 Å². The first-order valence-corrected chi connectivity index (χ1v) is 11.2. The number of furan rings is 1. The molecule has 0 fully saturated rings. The minimum atomic E-state index is -3.90. The number of fused-ring (bicyclic) bond motifs is 1. The fourth-order valence-electron chi connectivity index (χ4n) is 2.71. The van der Waals surface area contributed by atoms with Gasteiger partial charge in [0.15, 0.2) is 0 Å². The average molecular weight is 412 g/mol. The molecule has 0 saturated heterocycles. The summed E-state index contributed by atoms with van der Waals surface area (Å²) in [5.74, 6) is 0.299. The largest absolute Gasteiger partial charge is 0.443 e. The molecule has 0 spiro atoms. The van der Waals surface area contributed by atoms with Gasteiger partial charge in [-0.05, 0) is 35.9 Å². The van der Waals surface area contributed by atoms with Gasteiger partial charge in [0.05, 0.1) is 22.2 Å². The molecule has 0 amide bonds. The van der Waals surface area contributed by atoms with E-state index in [0.29, 0.717) is 27.3 Å². The van der Waals surface area contributed by atoms with Crippen LogP contribution in [0.1, 0.15) is 5.56 Å². The van der Waals surface area contributed by atoms with Gasteiger partial charge in [0.1, 0.15) is 5.58 Å². The second-order valence-electron chi connectivity index (χ2n) is 6.09. The molecule has 0 bridgehead atoms. The zero-order valence-corrected chi connectivity index (χ0v) is 16.2. The van der Waals surface area contributed by atoms with Crippen LogP contribution in [0, 0.1) is 0 Å². The Morgan fingerprint density at radius 2 is 1.86 bits per heavy atom. The highest BCUT2D eigenvalue weighted by molar-refractivity contribution is 7.92. The monoisotopic (exact) mass is 412 g/mol. The lowest BCUT2D eigenvalue weighted by Crippen LogP contribution is -2.12. The minimum absolute atomic E-state index is 0.171. The molecule has 2 heterocycles. The third kappa shape index (κ3) is 3.97. The van der Waals surface area contributed by atoms with Gasteiger partial charge in [-0.25, -0.2) is 0 Å². The molecule has 6 nitrogen and oxygen atoms in total. The van der Waals surface area contributed by atoms with Crippen LogP contribution < -0.4 is 4.72 Å². The van der Waals surface area contributed by atoms with Gasteiger partial charge in [0.25, 0.3) is 10.0 Å². The summed E-state index contributed by atoms with van der Waals surface area (Å²) in [6.07, 6.45) is 3.31. The van der Waals surface area contributed by atoms with Crippen molar-refractivity contribution in [3.05, 3.63) is 84.7 Å². The van der Waals surface area contributed by atoms with E-state index < -0.39 is 20.8 Å². The van der Waals surface area contributed by atoms with E-state index in [2.05, 4.69) is 9.71 Å². The van der Waals surface area contributed by atoms with Crippen molar-refractivity contribution in [3.8, 4) is 0 Å². The average Bonchev–Trinajstić information content (AvgIpc) is 3.14. The van der Waals surface area contributed by atoms with Gasteiger partial charge in [-0.3, -0.25) is 13.9 Å². The summed E-state index contributed by atoms with van der Waals surface area (Å²) in [5.41, 5.74) is 1.65. The molecule has 2 aromatic carbocycles. The number of hydrogen-bond donors (Lipinski definition) is 1. The molecule has 1 unspecified atom stereocenters. The van der Waals surface area contributed by atoms with Crippen molar-refractivity contribution in [2.75, 3.05) is 4.72 Å². The Kier molecular flexibility index (Phi) is 4.97. The van der Waals surface area contributed by atoms with Crippen molar-refractivity contribution in [1.29, 1.82) is 0 Å². The molecule has 0 saturated carbocycles. The van der Waals surface area contributed by atoms with Gasteiger partial charge in [0.2, 0.25) is 5.09 Å². The van der Waals surface area contributed by atoms with E-state index in [0.717, 1.165) is 5.56 Å².